The molecule has 3 amide bonds. The number of hydrogen-bond acceptors (Lipinski definition) is 3. The van der Waals surface area contributed by atoms with Gasteiger partial charge in [-0.2, -0.15) is 0 Å². The van der Waals surface area contributed by atoms with Gasteiger partial charge in [-0.25, -0.2) is 4.79 Å². The topological polar surface area (TPSA) is 82.3 Å². The average molecular weight is 383 g/mol. The molecule has 0 radical (unpaired) electrons. The van der Waals surface area contributed by atoms with Crippen LogP contribution in [0.15, 0.2) is 24.3 Å². The van der Waals surface area contributed by atoms with Gasteiger partial charge in [-0.15, -0.1) is 12.4 Å². The number of amides is 3. The molecule has 6 nitrogen and oxygen atoms in total. The minimum atomic E-state index is -0.234. The summed E-state index contributed by atoms with van der Waals surface area (Å²) in [7, 11) is 0. The third-order valence-corrected chi connectivity index (χ3v) is 4.54. The predicted octanol–water partition coefficient (Wildman–Crippen LogP) is 3.60. The van der Waals surface area contributed by atoms with Gasteiger partial charge in [-0.3, -0.25) is 4.79 Å². The maximum Gasteiger partial charge on any atom is 0.319 e. The Bertz CT molecular complexity index is 571. The highest BCUT2D eigenvalue weighted by Crippen LogP contribution is 2.24. The maximum atomic E-state index is 12.2. The first-order chi connectivity index (χ1) is 11.9. The van der Waals surface area contributed by atoms with Gasteiger partial charge in [0.1, 0.15) is 0 Å². The molecule has 1 heterocycles. The zero-order valence-electron chi connectivity index (χ0n) is 15.8. The van der Waals surface area contributed by atoms with Crippen LogP contribution in [0.5, 0.6) is 0 Å². The lowest BCUT2D eigenvalue weighted by molar-refractivity contribution is -0.117. The van der Waals surface area contributed by atoms with Crippen LogP contribution >= 0.6 is 12.4 Å². The number of urea groups is 1. The Balaban J connectivity index is 0.00000338. The van der Waals surface area contributed by atoms with Gasteiger partial charge in [-0.1, -0.05) is 6.92 Å². The molecule has 146 valence electrons. The minimum absolute atomic E-state index is 0. The van der Waals surface area contributed by atoms with Crippen molar-refractivity contribution in [2.45, 2.75) is 46.1 Å². The molecule has 0 aromatic heterocycles. The standard InChI is InChI=1S/C19H30N4O2.ClH/c1-13(2)21-19(25)23-17-6-4-16(5-7-17)22-18(24)12-14(3)15-8-10-20-11-9-15;/h4-7,13-15,20H,8-12H2,1-3H3,(H,22,24)(H2,21,23,25);1H. The predicted molar refractivity (Wildman–Crippen MR) is 109 cm³/mol. The van der Waals surface area contributed by atoms with E-state index in [-0.39, 0.29) is 30.4 Å². The van der Waals surface area contributed by atoms with Crippen molar-refractivity contribution in [1.82, 2.24) is 10.6 Å². The summed E-state index contributed by atoms with van der Waals surface area (Å²) in [5, 5.41) is 11.8. The van der Waals surface area contributed by atoms with Crippen LogP contribution in [0.2, 0.25) is 0 Å². The fourth-order valence-electron chi connectivity index (χ4n) is 3.15. The second-order valence-electron chi connectivity index (χ2n) is 7.15. The summed E-state index contributed by atoms with van der Waals surface area (Å²) in [5.41, 5.74) is 1.44. The molecule has 1 aliphatic heterocycles. The largest absolute Gasteiger partial charge is 0.336 e. The Morgan fingerprint density at radius 1 is 1.04 bits per heavy atom. The molecule has 4 N–H and O–H groups in total. The number of benzene rings is 1. The normalized spacial score (nSPS) is 15.7. The highest BCUT2D eigenvalue weighted by atomic mass is 35.5. The van der Waals surface area contributed by atoms with E-state index in [4.69, 9.17) is 0 Å². The second-order valence-corrected chi connectivity index (χ2v) is 7.15. The molecule has 0 saturated carbocycles. The Hall–Kier alpha value is -1.79. The van der Waals surface area contributed by atoms with E-state index in [0.717, 1.165) is 31.6 Å². The summed E-state index contributed by atoms with van der Waals surface area (Å²) in [6.45, 7) is 8.08. The lowest BCUT2D eigenvalue weighted by Crippen LogP contribution is -2.34. The van der Waals surface area contributed by atoms with Gasteiger partial charge in [0.2, 0.25) is 5.91 Å². The van der Waals surface area contributed by atoms with Crippen LogP contribution in [0.4, 0.5) is 16.2 Å². The molecule has 1 aromatic carbocycles. The van der Waals surface area contributed by atoms with Crippen molar-refractivity contribution in [2.75, 3.05) is 23.7 Å². The first kappa shape index (κ1) is 22.3. The molecule has 0 spiro atoms. The van der Waals surface area contributed by atoms with Crippen molar-refractivity contribution in [2.24, 2.45) is 11.8 Å². The number of hydrogen-bond donors (Lipinski definition) is 4. The minimum Gasteiger partial charge on any atom is -0.336 e. The number of carbonyl (C=O) groups excluding carboxylic acids is 2. The third kappa shape index (κ3) is 7.62. The van der Waals surface area contributed by atoms with Crippen molar-refractivity contribution in [3.63, 3.8) is 0 Å². The van der Waals surface area contributed by atoms with Gasteiger partial charge in [0.15, 0.2) is 0 Å². The number of carbonyl (C=O) groups is 2. The van der Waals surface area contributed by atoms with Crippen LogP contribution in [-0.4, -0.2) is 31.1 Å². The van der Waals surface area contributed by atoms with Crippen LogP contribution in [0, 0.1) is 11.8 Å². The van der Waals surface area contributed by atoms with E-state index >= 15 is 0 Å². The highest BCUT2D eigenvalue weighted by Gasteiger charge is 2.22. The van der Waals surface area contributed by atoms with Gasteiger partial charge < -0.3 is 21.3 Å². The molecule has 1 fully saturated rings. The monoisotopic (exact) mass is 382 g/mol. The quantitative estimate of drug-likeness (QED) is 0.606. The number of anilines is 2. The number of rotatable bonds is 6. The summed E-state index contributed by atoms with van der Waals surface area (Å²) < 4.78 is 0. The fourth-order valence-corrected chi connectivity index (χ4v) is 3.15. The molecule has 1 saturated heterocycles. The zero-order chi connectivity index (χ0) is 18.2. The number of piperidine rings is 1. The average Bonchev–Trinajstić information content (AvgIpc) is 2.56. The molecule has 0 aliphatic carbocycles. The van der Waals surface area contributed by atoms with E-state index < -0.39 is 0 Å². The Kier molecular flexibility index (Phi) is 9.44. The molecule has 1 atom stereocenters. The van der Waals surface area contributed by atoms with E-state index in [1.54, 1.807) is 24.3 Å². The molecular formula is C19H31ClN4O2. The summed E-state index contributed by atoms with van der Waals surface area (Å²) in [6.07, 6.45) is 2.84. The third-order valence-electron chi connectivity index (χ3n) is 4.54. The first-order valence-corrected chi connectivity index (χ1v) is 9.12. The molecule has 0 bridgehead atoms. The molecule has 7 heteroatoms. The first-order valence-electron chi connectivity index (χ1n) is 9.12. The Morgan fingerprint density at radius 2 is 1.58 bits per heavy atom. The van der Waals surface area contributed by atoms with Gasteiger partial charge in [0.05, 0.1) is 0 Å². The van der Waals surface area contributed by atoms with E-state index in [0.29, 0.717) is 23.9 Å². The van der Waals surface area contributed by atoms with Crippen LogP contribution in [0.25, 0.3) is 0 Å². The SMILES string of the molecule is CC(C)NC(=O)Nc1ccc(NC(=O)CC(C)C2CCNCC2)cc1.Cl. The Morgan fingerprint density at radius 3 is 2.12 bits per heavy atom. The van der Waals surface area contributed by atoms with Gasteiger partial charge in [0, 0.05) is 23.8 Å². The van der Waals surface area contributed by atoms with Crippen LogP contribution in [0.1, 0.15) is 40.0 Å². The van der Waals surface area contributed by atoms with Crippen molar-refractivity contribution < 1.29 is 9.59 Å². The van der Waals surface area contributed by atoms with E-state index in [2.05, 4.69) is 28.2 Å². The molecule has 1 aliphatic rings. The van der Waals surface area contributed by atoms with Crippen molar-refractivity contribution in [1.29, 1.82) is 0 Å². The lowest BCUT2D eigenvalue weighted by atomic mass is 9.84. The highest BCUT2D eigenvalue weighted by molar-refractivity contribution is 5.92. The summed E-state index contributed by atoms with van der Waals surface area (Å²) in [6, 6.07) is 7.02. The summed E-state index contributed by atoms with van der Waals surface area (Å²) in [4.78, 5) is 23.9. The van der Waals surface area contributed by atoms with E-state index in [1.807, 2.05) is 13.8 Å². The van der Waals surface area contributed by atoms with Gasteiger partial charge in [-0.05, 0) is 75.9 Å². The van der Waals surface area contributed by atoms with Gasteiger partial charge in [0.25, 0.3) is 0 Å². The van der Waals surface area contributed by atoms with Crippen molar-refractivity contribution in [3.05, 3.63) is 24.3 Å². The molecular weight excluding hydrogens is 352 g/mol. The van der Waals surface area contributed by atoms with E-state index in [1.165, 1.54) is 0 Å². The van der Waals surface area contributed by atoms with Crippen LogP contribution in [-0.2, 0) is 4.79 Å². The molecule has 1 unspecified atom stereocenters. The number of halogens is 1. The smallest absolute Gasteiger partial charge is 0.319 e. The Labute approximate surface area is 162 Å². The number of nitrogens with one attached hydrogen (secondary N) is 4. The van der Waals surface area contributed by atoms with Crippen LogP contribution < -0.4 is 21.3 Å². The summed E-state index contributed by atoms with van der Waals surface area (Å²) in [5.74, 6) is 1.06. The van der Waals surface area contributed by atoms with Gasteiger partial charge >= 0.3 is 6.03 Å². The zero-order valence-corrected chi connectivity index (χ0v) is 16.6. The molecule has 1 aromatic rings. The second kappa shape index (κ2) is 11.0. The fraction of sp³-hybridized carbons (Fsp3) is 0.579. The van der Waals surface area contributed by atoms with Crippen LogP contribution in [0.3, 0.4) is 0 Å². The molecule has 2 rings (SSSR count). The maximum absolute atomic E-state index is 12.2. The van der Waals surface area contributed by atoms with Crippen molar-refractivity contribution >= 4 is 35.7 Å². The molecule has 26 heavy (non-hydrogen) atoms. The summed E-state index contributed by atoms with van der Waals surface area (Å²) >= 11 is 0. The van der Waals surface area contributed by atoms with E-state index in [9.17, 15) is 9.59 Å². The lowest BCUT2D eigenvalue weighted by Gasteiger charge is -2.27. The van der Waals surface area contributed by atoms with Crippen molar-refractivity contribution in [3.8, 4) is 0 Å².